The smallest absolute Gasteiger partial charge is 0.235 e. The lowest BCUT2D eigenvalue weighted by molar-refractivity contribution is -0.113. The van der Waals surface area contributed by atoms with Crippen molar-refractivity contribution in [3.05, 3.63) is 35.0 Å². The molecule has 0 radical (unpaired) electrons. The average Bonchev–Trinajstić information content (AvgIpc) is 3.34. The lowest BCUT2D eigenvalue weighted by Crippen LogP contribution is -2.18. The number of rotatable bonds is 2. The maximum Gasteiger partial charge on any atom is 0.235 e. The normalized spacial score (nSPS) is 22.2. The zero-order valence-corrected chi connectivity index (χ0v) is 15.5. The van der Waals surface area contributed by atoms with E-state index in [9.17, 15) is 4.79 Å². The molecule has 1 N–H and O–H groups in total. The van der Waals surface area contributed by atoms with Gasteiger partial charge in [0, 0.05) is 5.56 Å². The number of anilines is 1. The van der Waals surface area contributed by atoms with Crippen LogP contribution in [0.2, 0.25) is 0 Å². The van der Waals surface area contributed by atoms with E-state index >= 15 is 0 Å². The van der Waals surface area contributed by atoms with E-state index in [1.54, 1.807) is 11.8 Å². The number of hydrogen-bond acceptors (Lipinski definition) is 5. The minimum atomic E-state index is 0.0404. The number of nitrogens with one attached hydrogen (secondary N) is 1. The summed E-state index contributed by atoms with van der Waals surface area (Å²) in [4.78, 5) is 12.4. The van der Waals surface area contributed by atoms with E-state index in [4.69, 9.17) is 14.6 Å². The van der Waals surface area contributed by atoms with Gasteiger partial charge in [-0.05, 0) is 37.5 Å². The monoisotopic (exact) mass is 371 g/mol. The minimum Gasteiger partial charge on any atom is -0.454 e. The van der Waals surface area contributed by atoms with Crippen LogP contribution in [-0.4, -0.2) is 28.2 Å². The molecule has 0 spiro atoms. The van der Waals surface area contributed by atoms with E-state index < -0.39 is 0 Å². The summed E-state index contributed by atoms with van der Waals surface area (Å²) in [5, 5.41) is 8.01. The molecule has 0 bridgehead atoms. The Balaban J connectivity index is 1.61. The van der Waals surface area contributed by atoms with Crippen molar-refractivity contribution in [1.29, 1.82) is 0 Å². The van der Waals surface area contributed by atoms with E-state index in [0.29, 0.717) is 11.8 Å². The third-order valence-electron chi connectivity index (χ3n) is 5.40. The number of carbonyl (C=O) groups is 1. The fraction of sp³-hybridized carbons (Fsp3) is 0.474. The highest BCUT2D eigenvalue weighted by Gasteiger charge is 2.33. The van der Waals surface area contributed by atoms with Gasteiger partial charge in [0.25, 0.3) is 0 Å². The average molecular weight is 371 g/mol. The number of aromatic nitrogens is 2. The fourth-order valence-corrected chi connectivity index (χ4v) is 5.34. The fourth-order valence-electron chi connectivity index (χ4n) is 4.16. The summed E-state index contributed by atoms with van der Waals surface area (Å²) in [6, 6.07) is 6.44. The van der Waals surface area contributed by atoms with Crippen LogP contribution in [0.5, 0.6) is 11.5 Å². The zero-order chi connectivity index (χ0) is 17.7. The summed E-state index contributed by atoms with van der Waals surface area (Å²) >= 11 is 1.64. The molecule has 1 aromatic carbocycles. The summed E-state index contributed by atoms with van der Waals surface area (Å²) in [6.07, 6.45) is 4.72. The molecular weight excluding hydrogens is 350 g/mol. The first-order valence-corrected chi connectivity index (χ1v) is 10.2. The minimum absolute atomic E-state index is 0.0404. The van der Waals surface area contributed by atoms with Crippen molar-refractivity contribution in [3.63, 3.8) is 0 Å². The van der Waals surface area contributed by atoms with Crippen molar-refractivity contribution in [2.75, 3.05) is 17.9 Å². The Morgan fingerprint density at radius 1 is 1.23 bits per heavy atom. The molecule has 0 unspecified atom stereocenters. The maximum atomic E-state index is 12.4. The van der Waals surface area contributed by atoms with Gasteiger partial charge in [-0.1, -0.05) is 18.9 Å². The van der Waals surface area contributed by atoms with Gasteiger partial charge in [0.15, 0.2) is 11.5 Å². The quantitative estimate of drug-likeness (QED) is 0.870. The van der Waals surface area contributed by atoms with Crippen LogP contribution in [0.1, 0.15) is 53.8 Å². The number of ether oxygens (including phenoxy) is 2. The number of aryl methyl sites for hydroxylation is 1. The van der Waals surface area contributed by atoms with Crippen LogP contribution in [0.15, 0.2) is 18.2 Å². The van der Waals surface area contributed by atoms with Crippen LogP contribution in [0, 0.1) is 6.92 Å². The van der Waals surface area contributed by atoms with Gasteiger partial charge in [-0.3, -0.25) is 4.79 Å². The van der Waals surface area contributed by atoms with Crippen LogP contribution in [-0.2, 0) is 4.79 Å². The third-order valence-corrected chi connectivity index (χ3v) is 6.67. The Labute approximate surface area is 156 Å². The number of carbonyl (C=O) groups excluding carboxylic acids is 1. The van der Waals surface area contributed by atoms with Gasteiger partial charge < -0.3 is 14.8 Å². The van der Waals surface area contributed by atoms with E-state index in [1.807, 2.05) is 19.1 Å². The van der Waals surface area contributed by atoms with Gasteiger partial charge >= 0.3 is 0 Å². The van der Waals surface area contributed by atoms with E-state index in [1.165, 1.54) is 12.8 Å². The van der Waals surface area contributed by atoms with Gasteiger partial charge in [0.1, 0.15) is 5.82 Å². The topological polar surface area (TPSA) is 65.4 Å². The van der Waals surface area contributed by atoms with Gasteiger partial charge in [-0.25, -0.2) is 4.68 Å². The predicted molar refractivity (Wildman–Crippen MR) is 100.0 cm³/mol. The molecule has 1 aliphatic carbocycles. The summed E-state index contributed by atoms with van der Waals surface area (Å²) in [7, 11) is 0. The number of hydrogen-bond donors (Lipinski definition) is 1. The Kier molecular flexibility index (Phi) is 3.85. The SMILES string of the molecule is Cc1nn(C2CCCC2)c2c1[C@H](c1ccc3c(c1)OCO3)SCC(=O)N2. The predicted octanol–water partition coefficient (Wildman–Crippen LogP) is 3.81. The second-order valence-electron chi connectivity index (χ2n) is 7.08. The van der Waals surface area contributed by atoms with E-state index in [-0.39, 0.29) is 18.0 Å². The zero-order valence-electron chi connectivity index (χ0n) is 14.7. The highest BCUT2D eigenvalue weighted by atomic mass is 32.2. The summed E-state index contributed by atoms with van der Waals surface area (Å²) < 4.78 is 13.1. The van der Waals surface area contributed by atoms with Crippen LogP contribution >= 0.6 is 11.8 Å². The first kappa shape index (κ1) is 16.1. The molecule has 0 saturated heterocycles. The Hall–Kier alpha value is -2.15. The number of amides is 1. The third kappa shape index (κ3) is 2.57. The molecule has 1 aromatic heterocycles. The Bertz CT molecular complexity index is 873. The van der Waals surface area contributed by atoms with E-state index in [0.717, 1.165) is 47.0 Å². The van der Waals surface area contributed by atoms with Gasteiger partial charge in [-0.15, -0.1) is 11.8 Å². The number of thioether (sulfide) groups is 1. The van der Waals surface area contributed by atoms with Crippen molar-refractivity contribution in [2.24, 2.45) is 0 Å². The van der Waals surface area contributed by atoms with Crippen LogP contribution in [0.4, 0.5) is 5.82 Å². The van der Waals surface area contributed by atoms with Crippen molar-refractivity contribution in [1.82, 2.24) is 9.78 Å². The van der Waals surface area contributed by atoms with E-state index in [2.05, 4.69) is 16.1 Å². The molecule has 5 rings (SSSR count). The highest BCUT2D eigenvalue weighted by Crippen LogP contribution is 2.47. The molecule has 136 valence electrons. The van der Waals surface area contributed by atoms with Gasteiger partial charge in [-0.2, -0.15) is 5.10 Å². The van der Waals surface area contributed by atoms with Crippen LogP contribution in [0.25, 0.3) is 0 Å². The molecule has 7 heteroatoms. The Morgan fingerprint density at radius 2 is 2.04 bits per heavy atom. The maximum absolute atomic E-state index is 12.4. The molecule has 2 aromatic rings. The van der Waals surface area contributed by atoms with Crippen molar-refractivity contribution in [2.45, 2.75) is 43.9 Å². The summed E-state index contributed by atoms with van der Waals surface area (Å²) in [5.74, 6) is 2.90. The number of fused-ring (bicyclic) bond motifs is 2. The highest BCUT2D eigenvalue weighted by molar-refractivity contribution is 8.00. The second kappa shape index (κ2) is 6.23. The van der Waals surface area contributed by atoms with Gasteiger partial charge in [0.2, 0.25) is 12.7 Å². The summed E-state index contributed by atoms with van der Waals surface area (Å²) in [5.41, 5.74) is 3.22. The first-order valence-electron chi connectivity index (χ1n) is 9.10. The standard InChI is InChI=1S/C19H21N3O3S/c1-11-17-18(12-6-7-14-15(8-12)25-10-24-14)26-9-16(23)20-19(17)22(21-11)13-4-2-3-5-13/h6-8,13,18H,2-5,9-10H2,1H3,(H,20,23)/t18-/m0/s1. The lowest BCUT2D eigenvalue weighted by atomic mass is 10.0. The first-order chi connectivity index (χ1) is 12.7. The molecule has 3 heterocycles. The van der Waals surface area contributed by atoms with Gasteiger partial charge in [0.05, 0.1) is 22.7 Å². The van der Waals surface area contributed by atoms with Crippen molar-refractivity contribution in [3.8, 4) is 11.5 Å². The molecule has 26 heavy (non-hydrogen) atoms. The number of benzene rings is 1. The van der Waals surface area contributed by atoms with Crippen molar-refractivity contribution >= 4 is 23.5 Å². The largest absolute Gasteiger partial charge is 0.454 e. The molecule has 3 aliphatic rings. The molecule has 1 amide bonds. The lowest BCUT2D eigenvalue weighted by Gasteiger charge is -2.17. The molecule has 2 aliphatic heterocycles. The molecule has 1 saturated carbocycles. The van der Waals surface area contributed by atoms with Crippen LogP contribution < -0.4 is 14.8 Å². The Morgan fingerprint density at radius 3 is 2.88 bits per heavy atom. The van der Waals surface area contributed by atoms with Crippen molar-refractivity contribution < 1.29 is 14.3 Å². The van der Waals surface area contributed by atoms with Crippen LogP contribution in [0.3, 0.4) is 0 Å². The molecule has 6 nitrogen and oxygen atoms in total. The molecular formula is C19H21N3O3S. The summed E-state index contributed by atoms with van der Waals surface area (Å²) in [6.45, 7) is 2.31. The molecule has 1 fully saturated rings. The second-order valence-corrected chi connectivity index (χ2v) is 8.18. The number of nitrogens with zero attached hydrogens (tertiary/aromatic N) is 2. The molecule has 1 atom stereocenters.